The number of methoxy groups -OCH3 is 1. The van der Waals surface area contributed by atoms with Crippen molar-refractivity contribution in [2.45, 2.75) is 40.4 Å². The van der Waals surface area contributed by atoms with E-state index >= 15 is 0 Å². The Hall–Kier alpha value is -6.69. The van der Waals surface area contributed by atoms with Gasteiger partial charge >= 0.3 is 0 Å². The summed E-state index contributed by atoms with van der Waals surface area (Å²) in [5.41, 5.74) is 14.8. The number of nitrogens with two attached hydrogens (primary N) is 2. The number of primary amides is 2. The van der Waals surface area contributed by atoms with E-state index in [0.717, 1.165) is 13.0 Å². The number of nitrogens with one attached hydrogen (secondary N) is 3. The van der Waals surface area contributed by atoms with Gasteiger partial charge in [-0.3, -0.25) is 29.2 Å². The lowest BCUT2D eigenvalue weighted by atomic mass is 10.1. The van der Waals surface area contributed by atoms with Crippen molar-refractivity contribution in [1.29, 1.82) is 0 Å². The van der Waals surface area contributed by atoms with Crippen LogP contribution in [0.25, 0.3) is 22.1 Å². The van der Waals surface area contributed by atoms with Crippen molar-refractivity contribution >= 4 is 58.1 Å². The summed E-state index contributed by atoms with van der Waals surface area (Å²) in [4.78, 5) is 60.4. The van der Waals surface area contributed by atoms with Crippen molar-refractivity contribution in [3.8, 4) is 11.5 Å². The molecule has 7 N–H and O–H groups in total. The number of aryl methyl sites for hydroxylation is 2. The van der Waals surface area contributed by atoms with Gasteiger partial charge in [0.2, 0.25) is 30.1 Å². The molecule has 0 aliphatic heterocycles. The molecule has 0 atom stereocenters. The molecular weight excluding hydrogens is 720 g/mol. The number of nitrogens with zero attached hydrogens (tertiary/aromatic N) is 7. The van der Waals surface area contributed by atoms with Crippen LogP contribution >= 0.6 is 0 Å². The maximum Gasteiger partial charge on any atom is 0.276 e. The zero-order chi connectivity index (χ0) is 40.4. The SMILES string of the molecule is CCNCCN(C=O)C/C=C\COc1cc(C(N)=O)cc2nc(NC)n(C/C=C/Cn3c(NC(=O)c4cc(C)nn4CC)nc4cc(C(N)=O)cc(OC)c43)c12. The van der Waals surface area contributed by atoms with Crippen LogP contribution in [0.2, 0.25) is 0 Å². The average molecular weight is 769 g/mol. The van der Waals surface area contributed by atoms with E-state index in [-0.39, 0.29) is 30.2 Å². The average Bonchev–Trinajstić information content (AvgIpc) is 3.86. The number of fused-ring (bicyclic) bond motifs is 2. The number of allylic oxidation sites excluding steroid dienone is 2. The van der Waals surface area contributed by atoms with Gasteiger partial charge in [-0.05, 0) is 56.8 Å². The highest BCUT2D eigenvalue weighted by atomic mass is 16.5. The molecule has 56 heavy (non-hydrogen) atoms. The fourth-order valence-electron chi connectivity index (χ4n) is 6.15. The van der Waals surface area contributed by atoms with Gasteiger partial charge in [-0.25, -0.2) is 9.97 Å². The highest BCUT2D eigenvalue weighted by Gasteiger charge is 2.22. The highest BCUT2D eigenvalue weighted by molar-refractivity contribution is 6.04. The van der Waals surface area contributed by atoms with E-state index < -0.39 is 17.7 Å². The van der Waals surface area contributed by atoms with Gasteiger partial charge in [0.25, 0.3) is 5.91 Å². The Labute approximate surface area is 323 Å². The Kier molecular flexibility index (Phi) is 13.4. The summed E-state index contributed by atoms with van der Waals surface area (Å²) in [5.74, 6) is -0.214. The predicted octanol–water partition coefficient (Wildman–Crippen LogP) is 2.67. The number of hydrogen-bond acceptors (Lipinski definition) is 11. The van der Waals surface area contributed by atoms with Gasteiger partial charge < -0.3 is 45.6 Å². The van der Waals surface area contributed by atoms with Crippen LogP contribution < -0.4 is 36.9 Å². The molecule has 18 heteroatoms. The molecule has 0 unspecified atom stereocenters. The first-order valence-corrected chi connectivity index (χ1v) is 18.1. The lowest BCUT2D eigenvalue weighted by Crippen LogP contribution is -2.31. The van der Waals surface area contributed by atoms with Gasteiger partial charge in [-0.2, -0.15) is 5.10 Å². The van der Waals surface area contributed by atoms with E-state index in [1.54, 1.807) is 51.5 Å². The zero-order valence-electron chi connectivity index (χ0n) is 32.2. The maximum atomic E-state index is 13.5. The number of anilines is 2. The van der Waals surface area contributed by atoms with Crippen LogP contribution in [0, 0.1) is 6.92 Å². The fourth-order valence-corrected chi connectivity index (χ4v) is 6.15. The Balaban J connectivity index is 1.44. The van der Waals surface area contributed by atoms with Crippen molar-refractivity contribution in [2.24, 2.45) is 11.5 Å². The second-order valence-corrected chi connectivity index (χ2v) is 12.6. The lowest BCUT2D eigenvalue weighted by Gasteiger charge is -2.15. The van der Waals surface area contributed by atoms with Crippen LogP contribution in [0.15, 0.2) is 54.6 Å². The Morgan fingerprint density at radius 2 is 1.50 bits per heavy atom. The number of amides is 4. The summed E-state index contributed by atoms with van der Waals surface area (Å²) < 4.78 is 17.1. The fraction of sp³-hybridized carbons (Fsp3) is 0.342. The molecule has 0 spiro atoms. The molecule has 0 saturated heterocycles. The number of imidazole rings is 2. The van der Waals surface area contributed by atoms with Gasteiger partial charge in [0.15, 0.2) is 0 Å². The van der Waals surface area contributed by atoms with E-state index in [2.05, 4.69) is 26.0 Å². The standard InChI is InChI=1S/C38H48N12O6/c1-6-42-12-16-47(23-51)13-10-11-17-56-31-22-26(35(40)53)20-28-33(31)48(37(41-4)43-28)14-8-9-15-49-32-27(19-25(34(39)52)21-30(32)55-5)44-38(49)45-36(54)29-18-24(3)46-50(29)7-2/h8-11,18-23,42H,6-7,12-17H2,1-5H3,(H2,39,52)(H2,40,53)(H,41,43)(H,44,45,54)/b9-8+,11-10-. The number of benzene rings is 2. The molecule has 3 aromatic heterocycles. The molecule has 5 aromatic rings. The third-order valence-electron chi connectivity index (χ3n) is 8.84. The summed E-state index contributed by atoms with van der Waals surface area (Å²) in [7, 11) is 3.21. The first-order valence-electron chi connectivity index (χ1n) is 18.1. The molecule has 0 aliphatic rings. The molecule has 296 valence electrons. The van der Waals surface area contributed by atoms with Crippen LogP contribution in [-0.2, 0) is 24.4 Å². The first kappa shape index (κ1) is 40.5. The molecule has 0 bridgehead atoms. The maximum absolute atomic E-state index is 13.5. The summed E-state index contributed by atoms with van der Waals surface area (Å²) in [6.07, 6.45) is 8.25. The third-order valence-corrected chi connectivity index (χ3v) is 8.84. The predicted molar refractivity (Wildman–Crippen MR) is 213 cm³/mol. The van der Waals surface area contributed by atoms with Crippen molar-refractivity contribution in [3.05, 3.63) is 77.2 Å². The summed E-state index contributed by atoms with van der Waals surface area (Å²) in [6.45, 7) is 9.42. The second kappa shape index (κ2) is 18.6. The van der Waals surface area contributed by atoms with E-state index in [0.29, 0.717) is 83.6 Å². The van der Waals surface area contributed by atoms with Crippen LogP contribution in [0.5, 0.6) is 11.5 Å². The van der Waals surface area contributed by atoms with Crippen molar-refractivity contribution in [2.75, 3.05) is 57.6 Å². The minimum atomic E-state index is -0.650. The molecule has 18 nitrogen and oxygen atoms in total. The summed E-state index contributed by atoms with van der Waals surface area (Å²) in [6, 6.07) is 7.97. The number of aromatic nitrogens is 6. The zero-order valence-corrected chi connectivity index (χ0v) is 32.2. The molecule has 2 aromatic carbocycles. The third kappa shape index (κ3) is 9.15. The van der Waals surface area contributed by atoms with Gasteiger partial charge in [0, 0.05) is 57.4 Å². The van der Waals surface area contributed by atoms with Gasteiger partial charge in [-0.15, -0.1) is 0 Å². The molecule has 4 amide bonds. The highest BCUT2D eigenvalue weighted by Crippen LogP contribution is 2.32. The smallest absolute Gasteiger partial charge is 0.276 e. The monoisotopic (exact) mass is 768 g/mol. The number of ether oxygens (including phenoxy) is 2. The van der Waals surface area contributed by atoms with E-state index in [1.807, 2.05) is 43.6 Å². The molecule has 0 fully saturated rings. The Bertz CT molecular complexity index is 2290. The number of carbonyl (C=O) groups excluding carboxylic acids is 4. The Morgan fingerprint density at radius 1 is 0.875 bits per heavy atom. The van der Waals surface area contributed by atoms with Crippen molar-refractivity contribution in [3.63, 3.8) is 0 Å². The van der Waals surface area contributed by atoms with E-state index in [4.69, 9.17) is 25.9 Å². The normalized spacial score (nSPS) is 11.5. The number of rotatable bonds is 21. The lowest BCUT2D eigenvalue weighted by molar-refractivity contribution is -0.117. The topological polar surface area (TPSA) is 232 Å². The van der Waals surface area contributed by atoms with Gasteiger partial charge in [-0.1, -0.05) is 25.2 Å². The largest absolute Gasteiger partial charge is 0.494 e. The van der Waals surface area contributed by atoms with Gasteiger partial charge in [0.1, 0.15) is 34.8 Å². The number of hydrogen-bond donors (Lipinski definition) is 5. The molecule has 3 heterocycles. The number of carbonyl (C=O) groups is 4. The Morgan fingerprint density at radius 3 is 2.09 bits per heavy atom. The molecule has 0 aliphatic carbocycles. The molecule has 0 radical (unpaired) electrons. The summed E-state index contributed by atoms with van der Waals surface area (Å²) >= 11 is 0. The minimum Gasteiger partial charge on any atom is -0.494 e. The van der Waals surface area contributed by atoms with Crippen LogP contribution in [0.4, 0.5) is 11.9 Å². The molecular formula is C38H48N12O6. The van der Waals surface area contributed by atoms with Crippen LogP contribution in [0.1, 0.15) is 50.7 Å². The number of likely N-dealkylation sites (N-methyl/N-ethyl adjacent to an activating group) is 1. The summed E-state index contributed by atoms with van der Waals surface area (Å²) in [5, 5.41) is 13.6. The minimum absolute atomic E-state index is 0.160. The van der Waals surface area contributed by atoms with Crippen molar-refractivity contribution in [1.82, 2.24) is 39.1 Å². The quantitative estimate of drug-likeness (QED) is 0.0414. The van der Waals surface area contributed by atoms with Gasteiger partial charge in [0.05, 0.1) is 23.8 Å². The van der Waals surface area contributed by atoms with Crippen LogP contribution in [-0.4, -0.2) is 105 Å². The first-order chi connectivity index (χ1) is 27.0. The van der Waals surface area contributed by atoms with E-state index in [1.165, 1.54) is 13.2 Å². The van der Waals surface area contributed by atoms with Crippen LogP contribution in [0.3, 0.4) is 0 Å². The van der Waals surface area contributed by atoms with Crippen molar-refractivity contribution < 1.29 is 28.7 Å². The molecule has 5 rings (SSSR count). The second-order valence-electron chi connectivity index (χ2n) is 12.6. The molecule has 0 saturated carbocycles. The van der Waals surface area contributed by atoms with E-state index in [9.17, 15) is 19.2 Å².